The second-order valence-corrected chi connectivity index (χ2v) is 8.37. The Bertz CT molecular complexity index is 928. The van der Waals surface area contributed by atoms with Crippen molar-refractivity contribution < 1.29 is 19.1 Å². The second kappa shape index (κ2) is 14.3. The fourth-order valence-corrected chi connectivity index (χ4v) is 3.94. The first-order valence-electron chi connectivity index (χ1n) is 12.4. The summed E-state index contributed by atoms with van der Waals surface area (Å²) in [5, 5.41) is 2.97. The maximum absolute atomic E-state index is 13.5. The molecule has 6 heteroatoms. The summed E-state index contributed by atoms with van der Waals surface area (Å²) in [5.74, 6) is 1.27. The molecule has 1 atom stereocenters. The Morgan fingerprint density at radius 3 is 2.32 bits per heavy atom. The Balaban J connectivity index is 2.21. The summed E-state index contributed by atoms with van der Waals surface area (Å²) in [6.07, 6.45) is 2.28. The lowest BCUT2D eigenvalue weighted by Crippen LogP contribution is -2.49. The molecule has 2 rings (SSSR count). The van der Waals surface area contributed by atoms with Crippen molar-refractivity contribution in [1.29, 1.82) is 0 Å². The minimum absolute atomic E-state index is 0.0353. The number of hydrogen-bond acceptors (Lipinski definition) is 4. The van der Waals surface area contributed by atoms with Crippen LogP contribution in [0.25, 0.3) is 0 Å². The number of ether oxygens (including phenoxy) is 2. The highest BCUT2D eigenvalue weighted by molar-refractivity contribution is 5.87. The number of carbonyl (C=O) groups excluding carboxylic acids is 2. The minimum Gasteiger partial charge on any atom is -0.490 e. The van der Waals surface area contributed by atoms with Crippen LogP contribution in [0.1, 0.15) is 63.6 Å². The average Bonchev–Trinajstić information content (AvgIpc) is 2.82. The fourth-order valence-electron chi connectivity index (χ4n) is 3.94. The van der Waals surface area contributed by atoms with Gasteiger partial charge in [-0.2, -0.15) is 0 Å². The predicted molar refractivity (Wildman–Crippen MR) is 136 cm³/mol. The summed E-state index contributed by atoms with van der Waals surface area (Å²) < 4.78 is 11.4. The molecule has 0 aromatic heterocycles. The smallest absolute Gasteiger partial charge is 0.242 e. The van der Waals surface area contributed by atoms with E-state index in [2.05, 4.69) is 11.4 Å². The van der Waals surface area contributed by atoms with Gasteiger partial charge in [0.15, 0.2) is 11.5 Å². The van der Waals surface area contributed by atoms with Gasteiger partial charge in [0.25, 0.3) is 0 Å². The van der Waals surface area contributed by atoms with Crippen LogP contribution in [0.2, 0.25) is 0 Å². The van der Waals surface area contributed by atoms with E-state index in [9.17, 15) is 9.59 Å². The molecular weight excluding hydrogens is 428 g/mol. The molecule has 0 aliphatic heterocycles. The van der Waals surface area contributed by atoms with E-state index in [4.69, 9.17) is 9.47 Å². The standard InChI is InChI=1S/C28H40N2O4/c1-6-17-29-28(32)24(7-2)30(20-23-12-10-11-21(5)18-23)27(31)16-14-22-13-15-25(33-8-3)26(19-22)34-9-4/h10-13,15,18-19,24H,6-9,14,16-17,20H2,1-5H3,(H,29,32)/t24-/m1/s1. The van der Waals surface area contributed by atoms with Gasteiger partial charge in [-0.05, 0) is 63.3 Å². The molecule has 0 saturated carbocycles. The van der Waals surface area contributed by atoms with Gasteiger partial charge in [-0.15, -0.1) is 0 Å². The molecule has 0 saturated heterocycles. The molecule has 0 spiro atoms. The maximum Gasteiger partial charge on any atom is 0.242 e. The van der Waals surface area contributed by atoms with Crippen LogP contribution in [-0.2, 0) is 22.6 Å². The summed E-state index contributed by atoms with van der Waals surface area (Å²) in [4.78, 5) is 28.1. The average molecular weight is 469 g/mol. The maximum atomic E-state index is 13.5. The van der Waals surface area contributed by atoms with Crippen molar-refractivity contribution in [3.8, 4) is 11.5 Å². The number of amides is 2. The summed E-state index contributed by atoms with van der Waals surface area (Å²) in [7, 11) is 0. The monoisotopic (exact) mass is 468 g/mol. The minimum atomic E-state index is -0.501. The van der Waals surface area contributed by atoms with Crippen LogP contribution in [0.15, 0.2) is 42.5 Å². The molecule has 2 aromatic rings. The molecule has 0 aliphatic carbocycles. The number of rotatable bonds is 14. The quantitative estimate of drug-likeness (QED) is 0.421. The van der Waals surface area contributed by atoms with E-state index in [0.717, 1.165) is 23.1 Å². The third-order valence-electron chi connectivity index (χ3n) is 5.61. The van der Waals surface area contributed by atoms with Crippen LogP contribution in [0.4, 0.5) is 0 Å². The lowest BCUT2D eigenvalue weighted by atomic mass is 10.0. The number of carbonyl (C=O) groups is 2. The molecule has 2 aromatic carbocycles. The van der Waals surface area contributed by atoms with Gasteiger partial charge in [0.1, 0.15) is 6.04 Å². The molecule has 0 unspecified atom stereocenters. The van der Waals surface area contributed by atoms with E-state index in [1.807, 2.05) is 71.0 Å². The van der Waals surface area contributed by atoms with E-state index in [1.165, 1.54) is 0 Å². The number of benzene rings is 2. The van der Waals surface area contributed by atoms with E-state index in [1.54, 1.807) is 4.90 Å². The lowest BCUT2D eigenvalue weighted by molar-refractivity contribution is -0.141. The molecule has 0 aliphatic rings. The van der Waals surface area contributed by atoms with Crippen molar-refractivity contribution in [2.45, 2.75) is 72.9 Å². The highest BCUT2D eigenvalue weighted by Gasteiger charge is 2.28. The molecule has 34 heavy (non-hydrogen) atoms. The van der Waals surface area contributed by atoms with E-state index >= 15 is 0 Å². The predicted octanol–water partition coefficient (Wildman–Crippen LogP) is 5.06. The van der Waals surface area contributed by atoms with Gasteiger partial charge in [0, 0.05) is 19.5 Å². The van der Waals surface area contributed by atoms with Crippen molar-refractivity contribution in [2.24, 2.45) is 0 Å². The molecular formula is C28H40N2O4. The fraction of sp³-hybridized carbons (Fsp3) is 0.500. The summed E-state index contributed by atoms with van der Waals surface area (Å²) in [6, 6.07) is 13.4. The first-order chi connectivity index (χ1) is 16.4. The van der Waals surface area contributed by atoms with Crippen LogP contribution in [0.3, 0.4) is 0 Å². The Kier molecular flexibility index (Phi) is 11.4. The lowest BCUT2D eigenvalue weighted by Gasteiger charge is -2.31. The Hall–Kier alpha value is -3.02. The molecule has 0 radical (unpaired) electrons. The van der Waals surface area contributed by atoms with Gasteiger partial charge < -0.3 is 19.7 Å². The second-order valence-electron chi connectivity index (χ2n) is 8.37. The van der Waals surface area contributed by atoms with Gasteiger partial charge in [-0.3, -0.25) is 9.59 Å². The van der Waals surface area contributed by atoms with Crippen molar-refractivity contribution in [3.05, 3.63) is 59.2 Å². The van der Waals surface area contributed by atoms with Crippen LogP contribution in [0.5, 0.6) is 11.5 Å². The summed E-state index contributed by atoms with van der Waals surface area (Å²) >= 11 is 0. The number of nitrogens with zero attached hydrogens (tertiary/aromatic N) is 1. The highest BCUT2D eigenvalue weighted by Crippen LogP contribution is 2.29. The van der Waals surface area contributed by atoms with Crippen LogP contribution >= 0.6 is 0 Å². The Morgan fingerprint density at radius 2 is 1.68 bits per heavy atom. The number of nitrogens with one attached hydrogen (secondary N) is 1. The molecule has 1 N–H and O–H groups in total. The number of hydrogen-bond donors (Lipinski definition) is 1. The van der Waals surface area contributed by atoms with Crippen molar-refractivity contribution in [1.82, 2.24) is 10.2 Å². The highest BCUT2D eigenvalue weighted by atomic mass is 16.5. The van der Waals surface area contributed by atoms with Crippen molar-refractivity contribution in [3.63, 3.8) is 0 Å². The van der Waals surface area contributed by atoms with Gasteiger partial charge in [-0.1, -0.05) is 49.7 Å². The first kappa shape index (κ1) is 27.2. The Morgan fingerprint density at radius 1 is 0.941 bits per heavy atom. The topological polar surface area (TPSA) is 67.9 Å². The van der Waals surface area contributed by atoms with Gasteiger partial charge >= 0.3 is 0 Å². The molecule has 0 fully saturated rings. The van der Waals surface area contributed by atoms with Crippen LogP contribution in [0, 0.1) is 6.92 Å². The van der Waals surface area contributed by atoms with Gasteiger partial charge in [-0.25, -0.2) is 0 Å². The zero-order valence-corrected chi connectivity index (χ0v) is 21.4. The van der Waals surface area contributed by atoms with E-state index in [0.29, 0.717) is 57.1 Å². The van der Waals surface area contributed by atoms with Gasteiger partial charge in [0.05, 0.1) is 13.2 Å². The molecule has 0 heterocycles. The largest absolute Gasteiger partial charge is 0.490 e. The third-order valence-corrected chi connectivity index (χ3v) is 5.61. The normalized spacial score (nSPS) is 11.6. The van der Waals surface area contributed by atoms with Crippen molar-refractivity contribution in [2.75, 3.05) is 19.8 Å². The Labute approximate surface area is 204 Å². The molecule has 0 bridgehead atoms. The van der Waals surface area contributed by atoms with Crippen LogP contribution in [-0.4, -0.2) is 42.5 Å². The summed E-state index contributed by atoms with van der Waals surface area (Å²) in [6.45, 7) is 12.0. The molecule has 186 valence electrons. The number of aryl methyl sites for hydroxylation is 2. The zero-order valence-electron chi connectivity index (χ0n) is 21.4. The molecule has 2 amide bonds. The first-order valence-corrected chi connectivity index (χ1v) is 12.4. The van der Waals surface area contributed by atoms with Crippen molar-refractivity contribution >= 4 is 11.8 Å². The summed E-state index contributed by atoms with van der Waals surface area (Å²) in [5.41, 5.74) is 3.15. The zero-order chi connectivity index (χ0) is 24.9. The molecule has 6 nitrogen and oxygen atoms in total. The third kappa shape index (κ3) is 8.08. The van der Waals surface area contributed by atoms with Gasteiger partial charge in [0.2, 0.25) is 11.8 Å². The SMILES string of the molecule is CCCNC(=O)[C@@H](CC)N(Cc1cccc(C)c1)C(=O)CCc1ccc(OCC)c(OCC)c1. The van der Waals surface area contributed by atoms with Crippen LogP contribution < -0.4 is 14.8 Å². The van der Waals surface area contributed by atoms with E-state index in [-0.39, 0.29) is 11.8 Å². The van der Waals surface area contributed by atoms with E-state index < -0.39 is 6.04 Å².